The van der Waals surface area contributed by atoms with Crippen molar-refractivity contribution >= 4 is 37.6 Å². The second-order valence-electron chi connectivity index (χ2n) is 7.81. The number of hydrogen-bond acceptors (Lipinski definition) is 5. The molecule has 0 aromatic rings. The molecule has 2 unspecified atom stereocenters. The van der Waals surface area contributed by atoms with Crippen molar-refractivity contribution in [2.45, 2.75) is 75.8 Å². The van der Waals surface area contributed by atoms with E-state index in [9.17, 15) is 9.90 Å². The van der Waals surface area contributed by atoms with Crippen molar-refractivity contribution in [3.05, 3.63) is 0 Å². The second-order valence-corrected chi connectivity index (χ2v) is 15.3. The van der Waals surface area contributed by atoms with Crippen LogP contribution in [0.3, 0.4) is 0 Å². The minimum Gasteiger partial charge on any atom is -0.417 e. The van der Waals surface area contributed by atoms with Gasteiger partial charge < -0.3 is 9.53 Å². The summed E-state index contributed by atoms with van der Waals surface area (Å²) in [5, 5.41) is 10.5. The summed E-state index contributed by atoms with van der Waals surface area (Å²) in [6.07, 6.45) is 1.89. The number of ketones is 1. The van der Waals surface area contributed by atoms with Crippen LogP contribution in [0.1, 0.15) is 47.0 Å². The van der Waals surface area contributed by atoms with Gasteiger partial charge in [0.2, 0.25) is 0 Å². The third kappa shape index (κ3) is 6.38. The Morgan fingerprint density at radius 3 is 2.35 bits per heavy atom. The third-order valence-electron chi connectivity index (χ3n) is 5.01. The molecule has 1 aliphatic rings. The molecule has 0 saturated carbocycles. The molecule has 1 rings (SSSR count). The zero-order chi connectivity index (χ0) is 17.7. The van der Waals surface area contributed by atoms with Crippen LogP contribution in [-0.2, 0) is 9.22 Å². The Labute approximate surface area is 151 Å². The minimum atomic E-state index is -1.79. The molecule has 0 bridgehead atoms. The van der Waals surface area contributed by atoms with Gasteiger partial charge in [-0.05, 0) is 48.9 Å². The van der Waals surface area contributed by atoms with Crippen molar-refractivity contribution in [3.8, 4) is 0 Å². The van der Waals surface area contributed by atoms with Crippen LogP contribution in [0.15, 0.2) is 0 Å². The molecule has 6 heteroatoms. The number of thioether (sulfide) groups is 2. The first-order chi connectivity index (χ1) is 10.6. The Morgan fingerprint density at radius 2 is 1.87 bits per heavy atom. The lowest BCUT2D eigenvalue weighted by molar-refractivity contribution is -0.125. The topological polar surface area (TPSA) is 46.5 Å². The van der Waals surface area contributed by atoms with Gasteiger partial charge in [0.05, 0.1) is 6.10 Å². The first kappa shape index (κ1) is 21.5. The zero-order valence-corrected chi connectivity index (χ0v) is 18.2. The molecule has 0 spiro atoms. The highest BCUT2D eigenvalue weighted by Gasteiger charge is 2.38. The molecule has 2 atom stereocenters. The van der Waals surface area contributed by atoms with E-state index in [2.05, 4.69) is 33.9 Å². The Bertz CT molecular complexity index is 377. The van der Waals surface area contributed by atoms with Gasteiger partial charge in [0, 0.05) is 12.5 Å². The van der Waals surface area contributed by atoms with Crippen molar-refractivity contribution in [3.63, 3.8) is 0 Å². The molecule has 1 saturated heterocycles. The van der Waals surface area contributed by atoms with Gasteiger partial charge in [0.25, 0.3) is 0 Å². The predicted octanol–water partition coefficient (Wildman–Crippen LogP) is 4.55. The molecule has 23 heavy (non-hydrogen) atoms. The van der Waals surface area contributed by atoms with Gasteiger partial charge in [-0.1, -0.05) is 27.7 Å². The van der Waals surface area contributed by atoms with Crippen LogP contribution in [0.2, 0.25) is 18.1 Å². The number of hydrogen-bond donors (Lipinski definition) is 1. The quantitative estimate of drug-likeness (QED) is 0.628. The van der Waals surface area contributed by atoms with Crippen molar-refractivity contribution in [2.24, 2.45) is 5.92 Å². The smallest absolute Gasteiger partial charge is 0.191 e. The summed E-state index contributed by atoms with van der Waals surface area (Å²) in [6.45, 7) is 13.6. The number of aliphatic hydroxyl groups excluding tert-OH is 1. The Balaban J connectivity index is 2.63. The number of carbonyl (C=O) groups is 1. The normalized spacial score (nSPS) is 20.3. The maximum absolute atomic E-state index is 12.8. The van der Waals surface area contributed by atoms with Crippen LogP contribution in [0.25, 0.3) is 0 Å². The van der Waals surface area contributed by atoms with Gasteiger partial charge in [-0.2, -0.15) is 0 Å². The van der Waals surface area contributed by atoms with E-state index < -0.39 is 14.4 Å². The van der Waals surface area contributed by atoms with Gasteiger partial charge in [0.15, 0.2) is 14.1 Å². The second kappa shape index (κ2) is 9.27. The number of Topliss-reactive ketones (excluding diaryl/α,β-unsaturated/α-hetero) is 1. The Morgan fingerprint density at radius 1 is 1.30 bits per heavy atom. The molecular weight excluding hydrogens is 344 g/mol. The summed E-state index contributed by atoms with van der Waals surface area (Å²) in [7, 11) is -1.79. The summed E-state index contributed by atoms with van der Waals surface area (Å²) in [4.78, 5) is 12.8. The molecule has 1 fully saturated rings. The minimum absolute atomic E-state index is 0.00261. The van der Waals surface area contributed by atoms with Crippen LogP contribution in [-0.4, -0.2) is 48.0 Å². The molecule has 0 aliphatic carbocycles. The number of carbonyl (C=O) groups excluding carboxylic acids is 1. The molecule has 0 aromatic carbocycles. The fraction of sp³-hybridized carbons (Fsp3) is 0.941. The maximum Gasteiger partial charge on any atom is 0.191 e. The molecule has 0 aromatic heterocycles. The standard InChI is InChI=1S/C17H34O3S2Si/c1-7-14(18)13(15(19)16-21-11-8-12-22-16)9-10-20-23(5,6)17(2,3)4/h13-14,16,18H,7-12H2,1-6H3. The van der Waals surface area contributed by atoms with Crippen LogP contribution < -0.4 is 0 Å². The van der Waals surface area contributed by atoms with Crippen molar-refractivity contribution < 1.29 is 14.3 Å². The monoisotopic (exact) mass is 378 g/mol. The lowest BCUT2D eigenvalue weighted by atomic mass is 9.93. The number of aliphatic hydroxyl groups is 1. The third-order valence-corrected chi connectivity index (χ3v) is 12.5. The molecular formula is C17H34O3S2Si. The van der Waals surface area contributed by atoms with Gasteiger partial charge in [-0.15, -0.1) is 23.5 Å². The molecule has 0 radical (unpaired) electrons. The summed E-state index contributed by atoms with van der Waals surface area (Å²) < 4.78 is 6.22. The Kier molecular flexibility index (Phi) is 8.69. The molecule has 0 amide bonds. The molecule has 1 aliphatic heterocycles. The van der Waals surface area contributed by atoms with E-state index in [4.69, 9.17) is 4.43 Å². The first-order valence-electron chi connectivity index (χ1n) is 8.69. The molecule has 136 valence electrons. The van der Waals surface area contributed by atoms with Crippen LogP contribution in [0.5, 0.6) is 0 Å². The SMILES string of the molecule is CCC(O)C(CCO[Si](C)(C)C(C)(C)C)C(=O)C1SCCCS1. The zero-order valence-electron chi connectivity index (χ0n) is 15.6. The summed E-state index contributed by atoms with van der Waals surface area (Å²) >= 11 is 3.48. The molecule has 1 N–H and O–H groups in total. The van der Waals surface area contributed by atoms with Crippen molar-refractivity contribution in [2.75, 3.05) is 18.1 Å². The van der Waals surface area contributed by atoms with E-state index >= 15 is 0 Å². The van der Waals surface area contributed by atoms with Crippen molar-refractivity contribution in [1.82, 2.24) is 0 Å². The van der Waals surface area contributed by atoms with E-state index in [0.29, 0.717) is 19.4 Å². The fourth-order valence-electron chi connectivity index (χ4n) is 2.29. The van der Waals surface area contributed by atoms with E-state index in [1.165, 1.54) is 6.42 Å². The summed E-state index contributed by atoms with van der Waals surface area (Å²) in [6, 6.07) is 0. The average molecular weight is 379 g/mol. The van der Waals surface area contributed by atoms with Gasteiger partial charge in [-0.3, -0.25) is 4.79 Å². The van der Waals surface area contributed by atoms with E-state index in [1.54, 1.807) is 23.5 Å². The largest absolute Gasteiger partial charge is 0.417 e. The molecule has 1 heterocycles. The highest BCUT2D eigenvalue weighted by Crippen LogP contribution is 2.37. The number of rotatable bonds is 8. The van der Waals surface area contributed by atoms with Crippen LogP contribution >= 0.6 is 23.5 Å². The van der Waals surface area contributed by atoms with E-state index in [-0.39, 0.29) is 21.3 Å². The van der Waals surface area contributed by atoms with Gasteiger partial charge in [-0.25, -0.2) is 0 Å². The first-order valence-corrected chi connectivity index (χ1v) is 13.7. The average Bonchev–Trinajstić information content (AvgIpc) is 2.50. The van der Waals surface area contributed by atoms with Gasteiger partial charge >= 0.3 is 0 Å². The highest BCUT2D eigenvalue weighted by molar-refractivity contribution is 8.18. The van der Waals surface area contributed by atoms with E-state index in [1.807, 2.05) is 6.92 Å². The van der Waals surface area contributed by atoms with Crippen LogP contribution in [0, 0.1) is 5.92 Å². The Hall–Kier alpha value is 0.507. The maximum atomic E-state index is 12.8. The summed E-state index contributed by atoms with van der Waals surface area (Å²) in [5.41, 5.74) is 0. The summed E-state index contributed by atoms with van der Waals surface area (Å²) in [5.74, 6) is 2.04. The van der Waals surface area contributed by atoms with E-state index in [0.717, 1.165) is 11.5 Å². The van der Waals surface area contributed by atoms with Crippen LogP contribution in [0.4, 0.5) is 0 Å². The lowest BCUT2D eigenvalue weighted by Crippen LogP contribution is -2.42. The highest BCUT2D eigenvalue weighted by atomic mass is 32.2. The predicted molar refractivity (Wildman–Crippen MR) is 106 cm³/mol. The van der Waals surface area contributed by atoms with Gasteiger partial charge in [0.1, 0.15) is 4.58 Å². The fourth-order valence-corrected chi connectivity index (χ4v) is 6.23. The van der Waals surface area contributed by atoms with Crippen molar-refractivity contribution in [1.29, 1.82) is 0 Å². The lowest BCUT2D eigenvalue weighted by Gasteiger charge is -2.37. The molecule has 3 nitrogen and oxygen atoms in total.